The highest BCUT2D eigenvalue weighted by atomic mass is 19.1. The number of aromatic nitrogens is 1. The number of rotatable bonds is 7. The highest BCUT2D eigenvalue weighted by Crippen LogP contribution is 2.30. The summed E-state index contributed by atoms with van der Waals surface area (Å²) < 4.78 is 24.7. The predicted octanol–water partition coefficient (Wildman–Crippen LogP) is 3.90. The van der Waals surface area contributed by atoms with Crippen LogP contribution in [0.15, 0.2) is 36.5 Å². The second-order valence-electron chi connectivity index (χ2n) is 6.28. The van der Waals surface area contributed by atoms with Gasteiger partial charge in [-0.3, -0.25) is 9.88 Å². The van der Waals surface area contributed by atoms with Crippen molar-refractivity contribution < 1.29 is 13.9 Å². The summed E-state index contributed by atoms with van der Waals surface area (Å²) in [6, 6.07) is 8.69. The molecule has 0 bridgehead atoms. The van der Waals surface area contributed by atoms with Crippen LogP contribution in [-0.4, -0.2) is 42.8 Å². The summed E-state index contributed by atoms with van der Waals surface area (Å²) in [6.45, 7) is 7.05. The second-order valence-corrected chi connectivity index (χ2v) is 6.28. The lowest BCUT2D eigenvalue weighted by molar-refractivity contribution is 0.0341. The summed E-state index contributed by atoms with van der Waals surface area (Å²) in [4.78, 5) is 6.93. The standard InChI is InChI=1S/C20H25FN2O2/c1-2-3-10-25-20-13-17(21)5-6-18(20)19-7-4-16(14-22-19)15-23-8-11-24-12-9-23/h4-7,13-14H,2-3,8-12,15H2,1H3. The molecule has 134 valence electrons. The van der Waals surface area contributed by atoms with E-state index in [1.54, 1.807) is 6.07 Å². The van der Waals surface area contributed by atoms with Crippen LogP contribution in [0.4, 0.5) is 4.39 Å². The number of unbranched alkanes of at least 4 members (excludes halogenated alkanes) is 1. The van der Waals surface area contributed by atoms with Crippen molar-refractivity contribution in [2.24, 2.45) is 0 Å². The minimum Gasteiger partial charge on any atom is -0.493 e. The van der Waals surface area contributed by atoms with E-state index >= 15 is 0 Å². The Hall–Kier alpha value is -1.98. The first-order chi connectivity index (χ1) is 12.3. The Morgan fingerprint density at radius 1 is 1.20 bits per heavy atom. The molecule has 2 heterocycles. The van der Waals surface area contributed by atoms with Gasteiger partial charge >= 0.3 is 0 Å². The van der Waals surface area contributed by atoms with Gasteiger partial charge in [0.2, 0.25) is 0 Å². The van der Waals surface area contributed by atoms with Gasteiger partial charge in [-0.05, 0) is 30.2 Å². The summed E-state index contributed by atoms with van der Waals surface area (Å²) in [7, 11) is 0. The van der Waals surface area contributed by atoms with Gasteiger partial charge in [-0.2, -0.15) is 0 Å². The van der Waals surface area contributed by atoms with Crippen molar-refractivity contribution in [2.75, 3.05) is 32.9 Å². The zero-order chi connectivity index (χ0) is 17.5. The molecule has 1 aromatic heterocycles. The molecular weight excluding hydrogens is 319 g/mol. The third-order valence-corrected chi connectivity index (χ3v) is 4.31. The molecule has 0 N–H and O–H groups in total. The van der Waals surface area contributed by atoms with Crippen LogP contribution in [-0.2, 0) is 11.3 Å². The highest BCUT2D eigenvalue weighted by Gasteiger charge is 2.12. The molecule has 1 aromatic carbocycles. The van der Waals surface area contributed by atoms with E-state index in [-0.39, 0.29) is 5.82 Å². The summed E-state index contributed by atoms with van der Waals surface area (Å²) in [6.07, 6.45) is 3.88. The Morgan fingerprint density at radius 2 is 2.04 bits per heavy atom. The van der Waals surface area contributed by atoms with Crippen LogP contribution in [0, 0.1) is 5.82 Å². The number of benzene rings is 1. The maximum Gasteiger partial charge on any atom is 0.131 e. The lowest BCUT2D eigenvalue weighted by Crippen LogP contribution is -2.35. The summed E-state index contributed by atoms with van der Waals surface area (Å²) in [5, 5.41) is 0. The van der Waals surface area contributed by atoms with Crippen LogP contribution >= 0.6 is 0 Å². The third-order valence-electron chi connectivity index (χ3n) is 4.31. The topological polar surface area (TPSA) is 34.6 Å². The van der Waals surface area contributed by atoms with Crippen molar-refractivity contribution in [2.45, 2.75) is 26.3 Å². The fraction of sp³-hybridized carbons (Fsp3) is 0.450. The molecule has 4 nitrogen and oxygen atoms in total. The molecule has 0 amide bonds. The second kappa shape index (κ2) is 8.92. The fourth-order valence-corrected chi connectivity index (χ4v) is 2.85. The van der Waals surface area contributed by atoms with Gasteiger partial charge in [-0.15, -0.1) is 0 Å². The van der Waals surface area contributed by atoms with Gasteiger partial charge in [0.15, 0.2) is 0 Å². The van der Waals surface area contributed by atoms with Crippen molar-refractivity contribution in [1.29, 1.82) is 0 Å². The Kier molecular flexibility index (Phi) is 6.36. The first kappa shape index (κ1) is 17.8. The van der Waals surface area contributed by atoms with Gasteiger partial charge in [0.25, 0.3) is 0 Å². The van der Waals surface area contributed by atoms with Crippen molar-refractivity contribution in [3.05, 3.63) is 47.9 Å². The number of morpholine rings is 1. The molecule has 1 saturated heterocycles. The van der Waals surface area contributed by atoms with Crippen LogP contribution in [0.3, 0.4) is 0 Å². The summed E-state index contributed by atoms with van der Waals surface area (Å²) in [5.74, 6) is 0.265. The van der Waals surface area contributed by atoms with E-state index in [4.69, 9.17) is 9.47 Å². The first-order valence-electron chi connectivity index (χ1n) is 8.94. The molecule has 1 fully saturated rings. The van der Waals surface area contributed by atoms with Gasteiger partial charge in [0.1, 0.15) is 11.6 Å². The van der Waals surface area contributed by atoms with Crippen molar-refractivity contribution >= 4 is 0 Å². The minimum atomic E-state index is -0.292. The average Bonchev–Trinajstić information content (AvgIpc) is 2.64. The quantitative estimate of drug-likeness (QED) is 0.714. The molecule has 5 heteroatoms. The Labute approximate surface area is 148 Å². The van der Waals surface area contributed by atoms with E-state index in [1.165, 1.54) is 17.7 Å². The van der Waals surface area contributed by atoms with Crippen LogP contribution in [0.2, 0.25) is 0 Å². The number of hydrogen-bond acceptors (Lipinski definition) is 4. The van der Waals surface area contributed by atoms with Gasteiger partial charge in [0.05, 0.1) is 25.5 Å². The molecule has 3 rings (SSSR count). The number of halogens is 1. The molecule has 0 saturated carbocycles. The zero-order valence-corrected chi connectivity index (χ0v) is 14.7. The molecule has 0 aliphatic carbocycles. The van der Waals surface area contributed by atoms with Crippen molar-refractivity contribution in [3.63, 3.8) is 0 Å². The number of hydrogen-bond donors (Lipinski definition) is 0. The minimum absolute atomic E-state index is 0.292. The molecule has 0 radical (unpaired) electrons. The van der Waals surface area contributed by atoms with E-state index < -0.39 is 0 Å². The first-order valence-corrected chi connectivity index (χ1v) is 8.94. The maximum atomic E-state index is 13.6. The SMILES string of the molecule is CCCCOc1cc(F)ccc1-c1ccc(CN2CCOCC2)cn1. The third kappa shape index (κ3) is 5.00. The number of ether oxygens (including phenoxy) is 2. The van der Waals surface area contributed by atoms with Crippen LogP contribution in [0.25, 0.3) is 11.3 Å². The Bertz CT molecular complexity index is 670. The lowest BCUT2D eigenvalue weighted by atomic mass is 10.1. The van der Waals surface area contributed by atoms with Crippen LogP contribution in [0.5, 0.6) is 5.75 Å². The fourth-order valence-electron chi connectivity index (χ4n) is 2.85. The average molecular weight is 344 g/mol. The number of pyridine rings is 1. The summed E-state index contributed by atoms with van der Waals surface area (Å²) in [5.41, 5.74) is 2.80. The van der Waals surface area contributed by atoms with Crippen LogP contribution in [0.1, 0.15) is 25.3 Å². The van der Waals surface area contributed by atoms with Crippen molar-refractivity contribution in [1.82, 2.24) is 9.88 Å². The zero-order valence-electron chi connectivity index (χ0n) is 14.7. The molecule has 0 unspecified atom stereocenters. The highest BCUT2D eigenvalue weighted by molar-refractivity contribution is 5.67. The molecule has 0 atom stereocenters. The van der Waals surface area contributed by atoms with E-state index in [2.05, 4.69) is 22.9 Å². The molecule has 1 aliphatic heterocycles. The maximum absolute atomic E-state index is 13.6. The van der Waals surface area contributed by atoms with E-state index in [0.717, 1.165) is 56.9 Å². The largest absolute Gasteiger partial charge is 0.493 e. The predicted molar refractivity (Wildman–Crippen MR) is 96.1 cm³/mol. The Morgan fingerprint density at radius 3 is 2.76 bits per heavy atom. The molecular formula is C20H25FN2O2. The monoisotopic (exact) mass is 344 g/mol. The van der Waals surface area contributed by atoms with Crippen LogP contribution < -0.4 is 4.74 Å². The molecule has 25 heavy (non-hydrogen) atoms. The van der Waals surface area contributed by atoms with Gasteiger partial charge < -0.3 is 9.47 Å². The van der Waals surface area contributed by atoms with Gasteiger partial charge in [-0.1, -0.05) is 19.4 Å². The van der Waals surface area contributed by atoms with Gasteiger partial charge in [0, 0.05) is 37.5 Å². The van der Waals surface area contributed by atoms with E-state index in [9.17, 15) is 4.39 Å². The lowest BCUT2D eigenvalue weighted by Gasteiger charge is -2.26. The van der Waals surface area contributed by atoms with E-state index in [1.807, 2.05) is 12.3 Å². The number of nitrogens with zero attached hydrogens (tertiary/aromatic N) is 2. The molecule has 1 aliphatic rings. The van der Waals surface area contributed by atoms with Gasteiger partial charge in [-0.25, -0.2) is 4.39 Å². The van der Waals surface area contributed by atoms with Crippen molar-refractivity contribution in [3.8, 4) is 17.0 Å². The normalized spacial score (nSPS) is 15.3. The Balaban J connectivity index is 1.72. The molecule has 2 aromatic rings. The van der Waals surface area contributed by atoms with E-state index in [0.29, 0.717) is 12.4 Å². The summed E-state index contributed by atoms with van der Waals surface area (Å²) >= 11 is 0. The molecule has 0 spiro atoms. The smallest absolute Gasteiger partial charge is 0.131 e.